The number of amides is 1. The first-order valence-corrected chi connectivity index (χ1v) is 7.06. The van der Waals surface area contributed by atoms with Crippen molar-refractivity contribution in [1.82, 2.24) is 15.6 Å². The van der Waals surface area contributed by atoms with Gasteiger partial charge >= 0.3 is 0 Å². The van der Waals surface area contributed by atoms with Crippen molar-refractivity contribution in [2.45, 2.75) is 25.7 Å². The maximum Gasteiger partial charge on any atom is 0.292 e. The predicted molar refractivity (Wildman–Crippen MR) is 80.1 cm³/mol. The number of fused-ring (bicyclic) bond motifs is 1. The molecule has 0 bridgehead atoms. The zero-order valence-corrected chi connectivity index (χ0v) is 11.8. The summed E-state index contributed by atoms with van der Waals surface area (Å²) in [6.07, 6.45) is 5.23. The Hall–Kier alpha value is -2.83. The number of nitrogens with zero attached hydrogens (tertiary/aromatic N) is 2. The molecule has 1 amide bonds. The Morgan fingerprint density at radius 2 is 2.14 bits per heavy atom. The Balaban J connectivity index is 1.70. The van der Waals surface area contributed by atoms with Crippen molar-refractivity contribution in [2.24, 2.45) is 5.10 Å². The van der Waals surface area contributed by atoms with E-state index in [1.807, 2.05) is 0 Å². The fourth-order valence-corrected chi connectivity index (χ4v) is 2.52. The quantitative estimate of drug-likeness (QED) is 0.508. The van der Waals surface area contributed by atoms with Crippen LogP contribution >= 0.6 is 0 Å². The van der Waals surface area contributed by atoms with Gasteiger partial charge in [0, 0.05) is 22.9 Å². The molecule has 0 spiro atoms. The second kappa shape index (κ2) is 5.88. The molecule has 0 atom stereocenters. The van der Waals surface area contributed by atoms with Gasteiger partial charge in [0.1, 0.15) is 11.5 Å². The number of hydrogen-bond acceptors (Lipinski definition) is 5. The zero-order valence-electron chi connectivity index (χ0n) is 11.8. The van der Waals surface area contributed by atoms with E-state index in [0.717, 1.165) is 36.9 Å². The average Bonchev–Trinajstić information content (AvgIpc) is 2.93. The molecule has 0 unspecified atom stereocenters. The van der Waals surface area contributed by atoms with Crippen molar-refractivity contribution < 1.29 is 15.0 Å². The SMILES string of the molecule is O=C(N/N=C/c1ccc(O)cc1O)c1n[nH]c2c1CCCC2. The van der Waals surface area contributed by atoms with Crippen LogP contribution in [0.3, 0.4) is 0 Å². The number of phenolic OH excluding ortho intramolecular Hbond substituents is 2. The number of rotatable bonds is 3. The molecule has 0 saturated carbocycles. The van der Waals surface area contributed by atoms with Crippen molar-refractivity contribution in [3.63, 3.8) is 0 Å². The lowest BCUT2D eigenvalue weighted by molar-refractivity contribution is 0.0949. The summed E-state index contributed by atoms with van der Waals surface area (Å²) in [6.45, 7) is 0. The van der Waals surface area contributed by atoms with E-state index in [1.54, 1.807) is 0 Å². The van der Waals surface area contributed by atoms with Gasteiger partial charge in [-0.15, -0.1) is 0 Å². The zero-order chi connectivity index (χ0) is 15.5. The summed E-state index contributed by atoms with van der Waals surface area (Å²) in [4.78, 5) is 12.1. The summed E-state index contributed by atoms with van der Waals surface area (Å²) in [7, 11) is 0. The molecule has 2 aromatic rings. The van der Waals surface area contributed by atoms with Gasteiger partial charge < -0.3 is 10.2 Å². The lowest BCUT2D eigenvalue weighted by atomic mass is 9.96. The van der Waals surface area contributed by atoms with Crippen molar-refractivity contribution in [3.8, 4) is 11.5 Å². The topological polar surface area (TPSA) is 111 Å². The molecule has 1 aromatic heterocycles. The highest BCUT2D eigenvalue weighted by Crippen LogP contribution is 2.22. The van der Waals surface area contributed by atoms with Crippen molar-refractivity contribution in [3.05, 3.63) is 40.7 Å². The monoisotopic (exact) mass is 300 g/mol. The number of hydrogen-bond donors (Lipinski definition) is 4. The highest BCUT2D eigenvalue weighted by molar-refractivity contribution is 5.95. The number of aryl methyl sites for hydroxylation is 1. The minimum Gasteiger partial charge on any atom is -0.508 e. The van der Waals surface area contributed by atoms with Crippen molar-refractivity contribution in [2.75, 3.05) is 0 Å². The average molecular weight is 300 g/mol. The van der Waals surface area contributed by atoms with Gasteiger partial charge in [-0.05, 0) is 37.8 Å². The molecule has 1 aliphatic carbocycles. The molecule has 3 rings (SSSR count). The standard InChI is InChI=1S/C15H16N4O3/c20-10-6-5-9(13(21)7-10)8-16-19-15(22)14-11-3-1-2-4-12(11)17-18-14/h5-8,20-21H,1-4H2,(H,17,18)(H,19,22)/b16-8+. The third-order valence-corrected chi connectivity index (χ3v) is 3.66. The highest BCUT2D eigenvalue weighted by Gasteiger charge is 2.21. The minimum atomic E-state index is -0.381. The van der Waals surface area contributed by atoms with Crippen LogP contribution in [-0.4, -0.2) is 32.5 Å². The second-order valence-electron chi connectivity index (χ2n) is 5.18. The molecule has 7 heteroatoms. The molecule has 114 valence electrons. The first kappa shape index (κ1) is 14.1. The number of H-pyrrole nitrogens is 1. The van der Waals surface area contributed by atoms with Gasteiger partial charge in [-0.2, -0.15) is 10.2 Å². The largest absolute Gasteiger partial charge is 0.508 e. The summed E-state index contributed by atoms with van der Waals surface area (Å²) in [6, 6.07) is 4.12. The van der Waals surface area contributed by atoms with Gasteiger partial charge in [0.05, 0.1) is 6.21 Å². The molecule has 1 aromatic carbocycles. The normalized spacial score (nSPS) is 14.0. The maximum absolute atomic E-state index is 12.1. The Morgan fingerprint density at radius 1 is 1.32 bits per heavy atom. The van der Waals surface area contributed by atoms with Gasteiger partial charge in [0.2, 0.25) is 0 Å². The van der Waals surface area contributed by atoms with Crippen LogP contribution in [-0.2, 0) is 12.8 Å². The summed E-state index contributed by atoms with van der Waals surface area (Å²) >= 11 is 0. The third kappa shape index (κ3) is 2.78. The molecule has 0 saturated heterocycles. The molecule has 1 aliphatic rings. The lowest BCUT2D eigenvalue weighted by Crippen LogP contribution is -2.20. The summed E-state index contributed by atoms with van der Waals surface area (Å²) < 4.78 is 0. The van der Waals surface area contributed by atoms with Gasteiger partial charge in [0.15, 0.2) is 5.69 Å². The number of hydrazone groups is 1. The first-order valence-electron chi connectivity index (χ1n) is 7.06. The van der Waals surface area contributed by atoms with E-state index in [9.17, 15) is 15.0 Å². The summed E-state index contributed by atoms with van der Waals surface area (Å²) in [5.41, 5.74) is 5.16. The lowest BCUT2D eigenvalue weighted by Gasteiger charge is -2.10. The molecule has 22 heavy (non-hydrogen) atoms. The van der Waals surface area contributed by atoms with E-state index >= 15 is 0 Å². The van der Waals surface area contributed by atoms with E-state index in [4.69, 9.17) is 0 Å². The molecule has 1 heterocycles. The molecular weight excluding hydrogens is 284 g/mol. The van der Waals surface area contributed by atoms with Crippen molar-refractivity contribution in [1.29, 1.82) is 0 Å². The number of carbonyl (C=O) groups is 1. The van der Waals surface area contributed by atoms with Gasteiger partial charge in [-0.1, -0.05) is 0 Å². The Labute approximate surface area is 126 Å². The number of aromatic nitrogens is 2. The smallest absolute Gasteiger partial charge is 0.292 e. The van der Waals surface area contributed by atoms with E-state index in [1.165, 1.54) is 24.4 Å². The summed E-state index contributed by atoms with van der Waals surface area (Å²) in [5.74, 6) is -0.536. The minimum absolute atomic E-state index is 0.0400. The molecule has 0 radical (unpaired) electrons. The number of carbonyl (C=O) groups excluding carboxylic acids is 1. The Bertz CT molecular complexity index is 736. The Kier molecular flexibility index (Phi) is 3.78. The number of nitrogens with one attached hydrogen (secondary N) is 2. The fraction of sp³-hybridized carbons (Fsp3) is 0.267. The third-order valence-electron chi connectivity index (χ3n) is 3.66. The van der Waals surface area contributed by atoms with Gasteiger partial charge in [-0.25, -0.2) is 5.43 Å². The molecule has 4 N–H and O–H groups in total. The molecule has 0 aliphatic heterocycles. The van der Waals surface area contributed by atoms with Gasteiger partial charge in [-0.3, -0.25) is 9.89 Å². The van der Waals surface area contributed by atoms with E-state index in [2.05, 4.69) is 20.7 Å². The van der Waals surface area contributed by atoms with Crippen LogP contribution < -0.4 is 5.43 Å². The summed E-state index contributed by atoms with van der Waals surface area (Å²) in [5, 5.41) is 29.6. The predicted octanol–water partition coefficient (Wildman–Crippen LogP) is 1.46. The van der Waals surface area contributed by atoms with E-state index in [0.29, 0.717) is 11.3 Å². The van der Waals surface area contributed by atoms with Crippen LogP contribution in [0.25, 0.3) is 0 Å². The fourth-order valence-electron chi connectivity index (χ4n) is 2.52. The van der Waals surface area contributed by atoms with Crippen LogP contribution in [0.1, 0.15) is 40.2 Å². The molecule has 7 nitrogen and oxygen atoms in total. The molecular formula is C15H16N4O3. The van der Waals surface area contributed by atoms with E-state index < -0.39 is 0 Å². The van der Waals surface area contributed by atoms with Crippen LogP contribution in [0.4, 0.5) is 0 Å². The first-order chi connectivity index (χ1) is 10.6. The highest BCUT2D eigenvalue weighted by atomic mass is 16.3. The van der Waals surface area contributed by atoms with Gasteiger partial charge in [0.25, 0.3) is 5.91 Å². The van der Waals surface area contributed by atoms with Crippen LogP contribution in [0.15, 0.2) is 23.3 Å². The molecule has 0 fully saturated rings. The van der Waals surface area contributed by atoms with Crippen molar-refractivity contribution >= 4 is 12.1 Å². The number of aromatic hydroxyl groups is 2. The number of aromatic amines is 1. The second-order valence-corrected chi connectivity index (χ2v) is 5.18. The maximum atomic E-state index is 12.1. The van der Waals surface area contributed by atoms with Crippen LogP contribution in [0, 0.1) is 0 Å². The number of phenols is 2. The number of benzene rings is 1. The van der Waals surface area contributed by atoms with Crippen LogP contribution in [0.2, 0.25) is 0 Å². The Morgan fingerprint density at radius 3 is 2.95 bits per heavy atom. The van der Waals surface area contributed by atoms with E-state index in [-0.39, 0.29) is 17.4 Å². The van der Waals surface area contributed by atoms with Crippen LogP contribution in [0.5, 0.6) is 11.5 Å².